The van der Waals surface area contributed by atoms with Gasteiger partial charge in [0.05, 0.1) is 16.3 Å². The predicted octanol–water partition coefficient (Wildman–Crippen LogP) is 6.23. The zero-order valence-electron chi connectivity index (χ0n) is 17.5. The summed E-state index contributed by atoms with van der Waals surface area (Å²) in [6, 6.07) is 20.6. The van der Waals surface area contributed by atoms with Crippen molar-refractivity contribution in [2.24, 2.45) is 0 Å². The molecule has 7 heteroatoms. The third kappa shape index (κ3) is 4.50. The van der Waals surface area contributed by atoms with E-state index >= 15 is 0 Å². The van der Waals surface area contributed by atoms with E-state index in [0.717, 1.165) is 5.56 Å². The van der Waals surface area contributed by atoms with E-state index in [1.807, 2.05) is 30.3 Å². The highest BCUT2D eigenvalue weighted by atomic mass is 35.5. The van der Waals surface area contributed by atoms with Crippen LogP contribution >= 0.6 is 11.6 Å². The van der Waals surface area contributed by atoms with Gasteiger partial charge in [-0.1, -0.05) is 35.9 Å². The molecule has 1 atom stereocenters. The second kappa shape index (κ2) is 9.24. The van der Waals surface area contributed by atoms with Gasteiger partial charge in [-0.3, -0.25) is 4.79 Å². The van der Waals surface area contributed by atoms with Crippen LogP contribution in [0.15, 0.2) is 83.5 Å². The van der Waals surface area contributed by atoms with Crippen molar-refractivity contribution in [3.8, 4) is 28.5 Å². The van der Waals surface area contributed by atoms with Crippen LogP contribution in [-0.4, -0.2) is 24.0 Å². The predicted molar refractivity (Wildman–Crippen MR) is 122 cm³/mol. The first-order chi connectivity index (χ1) is 15.4. The van der Waals surface area contributed by atoms with Gasteiger partial charge in [-0.05, 0) is 55.5 Å². The molecule has 1 heterocycles. The number of para-hydroxylation sites is 1. The summed E-state index contributed by atoms with van der Waals surface area (Å²) >= 11 is 6.21. The van der Waals surface area contributed by atoms with Crippen LogP contribution < -0.4 is 9.64 Å². The van der Waals surface area contributed by atoms with Crippen molar-refractivity contribution in [2.45, 2.75) is 13.0 Å². The van der Waals surface area contributed by atoms with E-state index in [1.54, 1.807) is 49.6 Å². The Morgan fingerprint density at radius 3 is 2.47 bits per heavy atom. The topological polar surface area (TPSA) is 55.6 Å². The van der Waals surface area contributed by atoms with Crippen LogP contribution in [0.5, 0.6) is 5.75 Å². The molecule has 5 nitrogen and oxygen atoms in total. The maximum absolute atomic E-state index is 14.0. The van der Waals surface area contributed by atoms with Gasteiger partial charge in [-0.25, -0.2) is 9.37 Å². The Kier molecular flexibility index (Phi) is 6.23. The van der Waals surface area contributed by atoms with Crippen molar-refractivity contribution >= 4 is 23.2 Å². The van der Waals surface area contributed by atoms with E-state index in [1.165, 1.54) is 18.0 Å². The van der Waals surface area contributed by atoms with E-state index in [0.29, 0.717) is 27.9 Å². The minimum atomic E-state index is -0.802. The Morgan fingerprint density at radius 1 is 1.06 bits per heavy atom. The standard InChI is InChI=1S/C25H20ClFN2O3/c1-16(25(30)29(2)23-10-6-5-9-21(23)27)32-18-13-11-17(12-14-18)22-15-31-24(28-22)19-7-3-4-8-20(19)26/h3-16H,1-2H3/t16-/m1/s1. The SMILES string of the molecule is C[C@@H](Oc1ccc(-c2coc(-c3ccccc3Cl)n2)cc1)C(=O)N(C)c1ccccc1F. The number of hydrogen-bond acceptors (Lipinski definition) is 4. The van der Waals surface area contributed by atoms with Crippen LogP contribution in [0.3, 0.4) is 0 Å². The maximum Gasteiger partial charge on any atom is 0.267 e. The van der Waals surface area contributed by atoms with E-state index in [-0.39, 0.29) is 11.6 Å². The summed E-state index contributed by atoms with van der Waals surface area (Å²) in [4.78, 5) is 18.4. The smallest absolute Gasteiger partial charge is 0.267 e. The number of likely N-dealkylation sites (N-methyl/N-ethyl adjacent to an activating group) is 1. The Bertz CT molecular complexity index is 1240. The van der Waals surface area contributed by atoms with Crippen molar-refractivity contribution < 1.29 is 18.3 Å². The summed E-state index contributed by atoms with van der Waals surface area (Å²) in [5.74, 6) is 0.108. The first-order valence-corrected chi connectivity index (χ1v) is 10.3. The van der Waals surface area contributed by atoms with E-state index in [9.17, 15) is 9.18 Å². The number of benzene rings is 3. The average Bonchev–Trinajstić information content (AvgIpc) is 3.29. The minimum absolute atomic E-state index is 0.198. The molecule has 0 saturated heterocycles. The van der Waals surface area contributed by atoms with Crippen molar-refractivity contribution in [3.05, 3.63) is 89.9 Å². The van der Waals surface area contributed by atoms with Crippen LogP contribution in [0.25, 0.3) is 22.7 Å². The molecule has 0 aliphatic heterocycles. The minimum Gasteiger partial charge on any atom is -0.481 e. The molecular formula is C25H20ClFN2O3. The van der Waals surface area contributed by atoms with Gasteiger partial charge < -0.3 is 14.1 Å². The Labute approximate surface area is 190 Å². The Hall–Kier alpha value is -3.64. The zero-order valence-corrected chi connectivity index (χ0v) is 18.2. The fourth-order valence-corrected chi connectivity index (χ4v) is 3.46. The molecule has 0 saturated carbocycles. The van der Waals surface area contributed by atoms with Gasteiger partial charge in [0.2, 0.25) is 5.89 Å². The summed E-state index contributed by atoms with van der Waals surface area (Å²) in [6.45, 7) is 1.63. The first kappa shape index (κ1) is 21.6. The molecule has 0 unspecified atom stereocenters. The summed E-state index contributed by atoms with van der Waals surface area (Å²) in [5.41, 5.74) is 2.38. The molecular weight excluding hydrogens is 431 g/mol. The molecule has 32 heavy (non-hydrogen) atoms. The van der Waals surface area contributed by atoms with Crippen LogP contribution in [0.4, 0.5) is 10.1 Å². The number of hydrogen-bond donors (Lipinski definition) is 0. The highest BCUT2D eigenvalue weighted by Crippen LogP contribution is 2.30. The molecule has 3 aromatic carbocycles. The molecule has 162 valence electrons. The quantitative estimate of drug-likeness (QED) is 0.349. The van der Waals surface area contributed by atoms with E-state index in [2.05, 4.69) is 4.98 Å². The molecule has 4 rings (SSSR count). The number of rotatable bonds is 6. The highest BCUT2D eigenvalue weighted by molar-refractivity contribution is 6.33. The first-order valence-electron chi connectivity index (χ1n) is 9.93. The van der Waals surface area contributed by atoms with Crippen molar-refractivity contribution in [1.82, 2.24) is 4.98 Å². The summed E-state index contributed by atoms with van der Waals surface area (Å²) < 4.78 is 25.3. The number of halogens is 2. The van der Waals surface area contributed by atoms with E-state index in [4.69, 9.17) is 20.8 Å². The van der Waals surface area contributed by atoms with Gasteiger partial charge in [-0.2, -0.15) is 0 Å². The van der Waals surface area contributed by atoms with Crippen molar-refractivity contribution in [3.63, 3.8) is 0 Å². The molecule has 0 radical (unpaired) electrons. The number of amides is 1. The monoisotopic (exact) mass is 450 g/mol. The second-order valence-electron chi connectivity index (χ2n) is 7.15. The number of oxazole rings is 1. The lowest BCUT2D eigenvalue weighted by atomic mass is 10.1. The molecule has 0 N–H and O–H groups in total. The lowest BCUT2D eigenvalue weighted by Gasteiger charge is -2.22. The zero-order chi connectivity index (χ0) is 22.7. The van der Waals surface area contributed by atoms with Gasteiger partial charge in [-0.15, -0.1) is 0 Å². The van der Waals surface area contributed by atoms with Crippen molar-refractivity contribution in [2.75, 3.05) is 11.9 Å². The number of ether oxygens (including phenoxy) is 1. The summed E-state index contributed by atoms with van der Waals surface area (Å²) in [5, 5.41) is 0.559. The van der Waals surface area contributed by atoms with Crippen LogP contribution in [-0.2, 0) is 4.79 Å². The summed E-state index contributed by atoms with van der Waals surface area (Å²) in [6.07, 6.45) is 0.758. The number of nitrogens with zero attached hydrogens (tertiary/aromatic N) is 2. The summed E-state index contributed by atoms with van der Waals surface area (Å²) in [7, 11) is 1.52. The fraction of sp³-hybridized carbons (Fsp3) is 0.120. The molecule has 0 aliphatic carbocycles. The maximum atomic E-state index is 14.0. The van der Waals surface area contributed by atoms with Crippen LogP contribution in [0, 0.1) is 5.82 Å². The highest BCUT2D eigenvalue weighted by Gasteiger charge is 2.22. The lowest BCUT2D eigenvalue weighted by Crippen LogP contribution is -2.38. The second-order valence-corrected chi connectivity index (χ2v) is 7.56. The third-order valence-corrected chi connectivity index (χ3v) is 5.29. The van der Waals surface area contributed by atoms with E-state index < -0.39 is 11.9 Å². The number of carbonyl (C=O) groups excluding carboxylic acids is 1. The molecule has 0 spiro atoms. The lowest BCUT2D eigenvalue weighted by molar-refractivity contribution is -0.124. The van der Waals surface area contributed by atoms with Gasteiger partial charge >= 0.3 is 0 Å². The Morgan fingerprint density at radius 2 is 1.75 bits per heavy atom. The van der Waals surface area contributed by atoms with Gasteiger partial charge in [0.25, 0.3) is 5.91 Å². The molecule has 0 fully saturated rings. The molecule has 4 aromatic rings. The molecule has 0 bridgehead atoms. The molecule has 1 amide bonds. The third-order valence-electron chi connectivity index (χ3n) is 4.96. The average molecular weight is 451 g/mol. The normalized spacial score (nSPS) is 11.8. The molecule has 0 aliphatic rings. The van der Waals surface area contributed by atoms with Crippen LogP contribution in [0.2, 0.25) is 5.02 Å². The number of anilines is 1. The van der Waals surface area contributed by atoms with Crippen LogP contribution in [0.1, 0.15) is 6.92 Å². The largest absolute Gasteiger partial charge is 0.481 e. The molecule has 1 aromatic heterocycles. The van der Waals surface area contributed by atoms with Gasteiger partial charge in [0, 0.05) is 12.6 Å². The number of carbonyl (C=O) groups is 1. The fourth-order valence-electron chi connectivity index (χ4n) is 3.24. The number of aromatic nitrogens is 1. The van der Waals surface area contributed by atoms with Gasteiger partial charge in [0.1, 0.15) is 23.5 Å². The van der Waals surface area contributed by atoms with Gasteiger partial charge in [0.15, 0.2) is 6.10 Å². The Balaban J connectivity index is 1.45. The van der Waals surface area contributed by atoms with Crippen molar-refractivity contribution in [1.29, 1.82) is 0 Å².